The Morgan fingerprint density at radius 2 is 2.25 bits per heavy atom. The molecule has 0 saturated heterocycles. The highest BCUT2D eigenvalue weighted by Crippen LogP contribution is 2.40. The van der Waals surface area contributed by atoms with Gasteiger partial charge in [-0.2, -0.15) is 5.10 Å². The number of hydrogen-bond acceptors (Lipinski definition) is 2. The molecule has 2 rings (SSSR count). The molecule has 0 radical (unpaired) electrons. The van der Waals surface area contributed by atoms with Crippen molar-refractivity contribution in [2.24, 2.45) is 11.3 Å². The second-order valence-electron chi connectivity index (χ2n) is 5.88. The molecule has 1 aromatic heterocycles. The number of rotatable bonds is 4. The van der Waals surface area contributed by atoms with Crippen LogP contribution in [-0.2, 0) is 6.54 Å². The van der Waals surface area contributed by atoms with Crippen LogP contribution >= 0.6 is 0 Å². The van der Waals surface area contributed by atoms with Gasteiger partial charge in [-0.05, 0) is 30.2 Å². The molecule has 1 fully saturated rings. The van der Waals surface area contributed by atoms with Crippen LogP contribution in [0.5, 0.6) is 0 Å². The molecule has 0 amide bonds. The number of nitrogens with one attached hydrogen (secondary N) is 1. The van der Waals surface area contributed by atoms with Gasteiger partial charge in [0.05, 0.1) is 6.54 Å². The van der Waals surface area contributed by atoms with Gasteiger partial charge >= 0.3 is 0 Å². The molecule has 1 aliphatic rings. The van der Waals surface area contributed by atoms with Crippen molar-refractivity contribution in [3.63, 3.8) is 0 Å². The van der Waals surface area contributed by atoms with E-state index in [1.807, 2.05) is 23.1 Å². The van der Waals surface area contributed by atoms with E-state index >= 15 is 0 Å². The monoisotopic (exact) mass is 221 g/mol. The number of aromatic nitrogens is 2. The average Bonchev–Trinajstić information content (AvgIpc) is 2.75. The normalized spacial score (nSPS) is 28.4. The molecule has 90 valence electrons. The second-order valence-corrected chi connectivity index (χ2v) is 5.88. The van der Waals surface area contributed by atoms with Crippen LogP contribution in [0.4, 0.5) is 0 Å². The quantitative estimate of drug-likeness (QED) is 0.845. The van der Waals surface area contributed by atoms with E-state index in [2.05, 4.69) is 31.2 Å². The fourth-order valence-electron chi connectivity index (χ4n) is 2.96. The highest BCUT2D eigenvalue weighted by atomic mass is 15.3. The SMILES string of the molecule is CC1CC(C)(C)CC1NCCn1cccn1. The van der Waals surface area contributed by atoms with E-state index in [0.717, 1.165) is 19.0 Å². The zero-order valence-corrected chi connectivity index (χ0v) is 10.6. The van der Waals surface area contributed by atoms with Crippen LogP contribution in [0, 0.1) is 11.3 Å². The van der Waals surface area contributed by atoms with E-state index in [-0.39, 0.29) is 0 Å². The molecular weight excluding hydrogens is 198 g/mol. The molecule has 0 aliphatic heterocycles. The summed E-state index contributed by atoms with van der Waals surface area (Å²) >= 11 is 0. The van der Waals surface area contributed by atoms with E-state index in [4.69, 9.17) is 0 Å². The molecular formula is C13H23N3. The Labute approximate surface area is 98.2 Å². The fourth-order valence-corrected chi connectivity index (χ4v) is 2.96. The van der Waals surface area contributed by atoms with Crippen molar-refractivity contribution in [2.75, 3.05) is 6.54 Å². The number of nitrogens with zero attached hydrogens (tertiary/aromatic N) is 2. The van der Waals surface area contributed by atoms with Crippen LogP contribution in [-0.4, -0.2) is 22.4 Å². The molecule has 1 aromatic rings. The maximum atomic E-state index is 4.20. The third-order valence-corrected chi connectivity index (χ3v) is 3.64. The van der Waals surface area contributed by atoms with Crippen molar-refractivity contribution in [2.45, 2.75) is 46.2 Å². The maximum absolute atomic E-state index is 4.20. The van der Waals surface area contributed by atoms with Crippen LogP contribution < -0.4 is 5.32 Å². The number of hydrogen-bond donors (Lipinski definition) is 1. The third-order valence-electron chi connectivity index (χ3n) is 3.64. The maximum Gasteiger partial charge on any atom is 0.0534 e. The van der Waals surface area contributed by atoms with Gasteiger partial charge in [0, 0.05) is 25.0 Å². The zero-order chi connectivity index (χ0) is 11.6. The summed E-state index contributed by atoms with van der Waals surface area (Å²) in [4.78, 5) is 0. The summed E-state index contributed by atoms with van der Waals surface area (Å²) in [5.41, 5.74) is 0.517. The van der Waals surface area contributed by atoms with Crippen molar-refractivity contribution >= 4 is 0 Å². The van der Waals surface area contributed by atoms with Crippen molar-refractivity contribution in [3.8, 4) is 0 Å². The molecule has 0 spiro atoms. The molecule has 0 bridgehead atoms. The molecule has 2 unspecified atom stereocenters. The first kappa shape index (κ1) is 11.6. The van der Waals surface area contributed by atoms with Crippen molar-refractivity contribution in [3.05, 3.63) is 18.5 Å². The molecule has 2 atom stereocenters. The van der Waals surface area contributed by atoms with E-state index in [1.54, 1.807) is 0 Å². The topological polar surface area (TPSA) is 29.9 Å². The van der Waals surface area contributed by atoms with Crippen molar-refractivity contribution in [1.29, 1.82) is 0 Å². The standard InChI is InChI=1S/C13H23N3/c1-11-9-13(2,3)10-12(11)14-6-8-16-7-4-5-15-16/h4-5,7,11-12,14H,6,8-10H2,1-3H3. The Kier molecular flexibility index (Phi) is 3.33. The fraction of sp³-hybridized carbons (Fsp3) is 0.769. The Balaban J connectivity index is 1.74. The van der Waals surface area contributed by atoms with E-state index in [0.29, 0.717) is 11.5 Å². The Bertz CT molecular complexity index is 316. The first-order chi connectivity index (χ1) is 7.57. The Morgan fingerprint density at radius 3 is 2.81 bits per heavy atom. The molecule has 1 heterocycles. The van der Waals surface area contributed by atoms with Gasteiger partial charge in [-0.3, -0.25) is 4.68 Å². The van der Waals surface area contributed by atoms with E-state index in [1.165, 1.54) is 12.8 Å². The van der Waals surface area contributed by atoms with Crippen molar-refractivity contribution in [1.82, 2.24) is 15.1 Å². The van der Waals surface area contributed by atoms with Gasteiger partial charge in [0.25, 0.3) is 0 Å². The van der Waals surface area contributed by atoms with Gasteiger partial charge in [-0.25, -0.2) is 0 Å². The van der Waals surface area contributed by atoms with E-state index < -0.39 is 0 Å². The zero-order valence-electron chi connectivity index (χ0n) is 10.6. The molecule has 3 nitrogen and oxygen atoms in total. The summed E-state index contributed by atoms with van der Waals surface area (Å²) in [7, 11) is 0. The molecule has 1 saturated carbocycles. The van der Waals surface area contributed by atoms with E-state index in [9.17, 15) is 0 Å². The highest BCUT2D eigenvalue weighted by Gasteiger charge is 2.35. The lowest BCUT2D eigenvalue weighted by atomic mass is 9.91. The van der Waals surface area contributed by atoms with Gasteiger partial charge in [0.15, 0.2) is 0 Å². The summed E-state index contributed by atoms with van der Waals surface area (Å²) in [6.07, 6.45) is 6.49. The second kappa shape index (κ2) is 4.58. The van der Waals surface area contributed by atoms with Gasteiger partial charge in [0.2, 0.25) is 0 Å². The summed E-state index contributed by atoms with van der Waals surface area (Å²) in [5.74, 6) is 0.799. The van der Waals surface area contributed by atoms with Crippen LogP contribution in [0.2, 0.25) is 0 Å². The third kappa shape index (κ3) is 2.85. The largest absolute Gasteiger partial charge is 0.312 e. The van der Waals surface area contributed by atoms with Crippen LogP contribution in [0.1, 0.15) is 33.6 Å². The van der Waals surface area contributed by atoms with Gasteiger partial charge < -0.3 is 5.32 Å². The summed E-state index contributed by atoms with van der Waals surface area (Å²) < 4.78 is 1.98. The average molecular weight is 221 g/mol. The first-order valence-electron chi connectivity index (χ1n) is 6.28. The van der Waals surface area contributed by atoms with Gasteiger partial charge in [-0.15, -0.1) is 0 Å². The molecule has 0 aromatic carbocycles. The Morgan fingerprint density at radius 1 is 1.44 bits per heavy atom. The van der Waals surface area contributed by atoms with Crippen molar-refractivity contribution < 1.29 is 0 Å². The van der Waals surface area contributed by atoms with Crippen LogP contribution in [0.15, 0.2) is 18.5 Å². The molecule has 16 heavy (non-hydrogen) atoms. The van der Waals surface area contributed by atoms with Crippen LogP contribution in [0.25, 0.3) is 0 Å². The lowest BCUT2D eigenvalue weighted by Crippen LogP contribution is -2.34. The minimum atomic E-state index is 0.517. The minimum absolute atomic E-state index is 0.517. The molecule has 1 aliphatic carbocycles. The summed E-state index contributed by atoms with van der Waals surface area (Å²) in [5, 5.41) is 7.87. The lowest BCUT2D eigenvalue weighted by Gasteiger charge is -2.18. The molecule has 1 N–H and O–H groups in total. The highest BCUT2D eigenvalue weighted by molar-refractivity contribution is 4.91. The summed E-state index contributed by atoms with van der Waals surface area (Å²) in [6.45, 7) is 9.10. The molecule has 3 heteroatoms. The first-order valence-corrected chi connectivity index (χ1v) is 6.28. The van der Waals surface area contributed by atoms with Crippen LogP contribution in [0.3, 0.4) is 0 Å². The van der Waals surface area contributed by atoms with Gasteiger partial charge in [0.1, 0.15) is 0 Å². The predicted molar refractivity (Wildman–Crippen MR) is 66.2 cm³/mol. The minimum Gasteiger partial charge on any atom is -0.312 e. The smallest absolute Gasteiger partial charge is 0.0534 e. The van der Waals surface area contributed by atoms with Gasteiger partial charge in [-0.1, -0.05) is 20.8 Å². The predicted octanol–water partition coefficient (Wildman–Crippen LogP) is 2.30. The lowest BCUT2D eigenvalue weighted by molar-refractivity contribution is 0.361. The summed E-state index contributed by atoms with van der Waals surface area (Å²) in [6, 6.07) is 2.66. The Hall–Kier alpha value is -0.830.